The molecule has 0 aromatic rings. The average Bonchev–Trinajstić information content (AvgIpc) is 2.69. The smallest absolute Gasteiger partial charge is 0.230 e. The third-order valence-corrected chi connectivity index (χ3v) is 5.69. The van der Waals surface area contributed by atoms with Crippen molar-refractivity contribution in [3.8, 4) is 0 Å². The van der Waals surface area contributed by atoms with Gasteiger partial charge in [0, 0.05) is 19.1 Å². The van der Waals surface area contributed by atoms with Crippen LogP contribution < -0.4 is 5.73 Å². The lowest BCUT2D eigenvalue weighted by atomic mass is 9.74. The van der Waals surface area contributed by atoms with E-state index >= 15 is 0 Å². The highest BCUT2D eigenvalue weighted by Gasteiger charge is 2.45. The monoisotopic (exact) mass is 266 g/mol. The molecule has 3 heteroatoms. The molecule has 0 radical (unpaired) electrons. The molecule has 0 saturated heterocycles. The first-order chi connectivity index (χ1) is 8.76. The van der Waals surface area contributed by atoms with E-state index < -0.39 is 0 Å². The number of nitrogens with two attached hydrogens (primary N) is 1. The molecule has 2 unspecified atom stereocenters. The van der Waals surface area contributed by atoms with E-state index in [0.717, 1.165) is 32.1 Å². The molecule has 0 bridgehead atoms. The van der Waals surface area contributed by atoms with Gasteiger partial charge >= 0.3 is 0 Å². The minimum atomic E-state index is -0.318. The summed E-state index contributed by atoms with van der Waals surface area (Å²) >= 11 is 0. The number of amides is 1. The Balaban J connectivity index is 2.00. The molecule has 0 heterocycles. The molecule has 2 saturated carbocycles. The van der Waals surface area contributed by atoms with E-state index in [-0.39, 0.29) is 17.4 Å². The first kappa shape index (κ1) is 14.8. The maximum atomic E-state index is 12.8. The van der Waals surface area contributed by atoms with Gasteiger partial charge in [0.15, 0.2) is 0 Å². The Morgan fingerprint density at radius 2 is 1.68 bits per heavy atom. The summed E-state index contributed by atoms with van der Waals surface area (Å²) < 4.78 is 0. The molecule has 2 atom stereocenters. The summed E-state index contributed by atoms with van der Waals surface area (Å²) in [4.78, 5) is 14.8. The molecule has 2 aliphatic carbocycles. The number of rotatable bonds is 2. The number of hydrogen-bond donors (Lipinski definition) is 1. The Morgan fingerprint density at radius 3 is 2.16 bits per heavy atom. The minimum Gasteiger partial charge on any atom is -0.342 e. The van der Waals surface area contributed by atoms with Gasteiger partial charge in [-0.1, -0.05) is 20.3 Å². The van der Waals surface area contributed by atoms with Crippen LogP contribution >= 0.6 is 0 Å². The van der Waals surface area contributed by atoms with Gasteiger partial charge in [-0.2, -0.15) is 0 Å². The second-order valence-corrected chi connectivity index (χ2v) is 7.73. The molecule has 2 aliphatic rings. The van der Waals surface area contributed by atoms with Crippen molar-refractivity contribution in [2.75, 3.05) is 7.05 Å². The lowest BCUT2D eigenvalue weighted by molar-refractivity contribution is -0.143. The Hall–Kier alpha value is -0.570. The molecule has 19 heavy (non-hydrogen) atoms. The highest BCUT2D eigenvalue weighted by atomic mass is 16.2. The molecule has 110 valence electrons. The van der Waals surface area contributed by atoms with Crippen molar-refractivity contribution in [3.05, 3.63) is 0 Å². The summed E-state index contributed by atoms with van der Waals surface area (Å²) in [5.41, 5.74) is 6.31. The van der Waals surface area contributed by atoms with Crippen LogP contribution in [-0.2, 0) is 4.79 Å². The van der Waals surface area contributed by atoms with Crippen LogP contribution in [0, 0.1) is 10.8 Å². The molecule has 2 rings (SSSR count). The van der Waals surface area contributed by atoms with Crippen molar-refractivity contribution in [1.29, 1.82) is 0 Å². The lowest BCUT2D eigenvalue weighted by Crippen LogP contribution is -2.51. The van der Waals surface area contributed by atoms with E-state index in [1.807, 2.05) is 11.9 Å². The molecule has 0 aromatic carbocycles. The zero-order valence-corrected chi connectivity index (χ0v) is 13.0. The molecule has 2 fully saturated rings. The van der Waals surface area contributed by atoms with Crippen molar-refractivity contribution in [3.63, 3.8) is 0 Å². The molecule has 0 aromatic heterocycles. The fourth-order valence-electron chi connectivity index (χ4n) is 3.80. The Bertz CT molecular complexity index is 343. The maximum Gasteiger partial charge on any atom is 0.230 e. The standard InChI is InChI=1S/C16H30N2O/c1-15(2)10-7-12(8-11-15)18(4)14(19)16(3)9-5-6-13(16)17/h12-13H,5-11,17H2,1-4H3. The van der Waals surface area contributed by atoms with Gasteiger partial charge in [-0.25, -0.2) is 0 Å². The Labute approximate surface area is 117 Å². The average molecular weight is 266 g/mol. The van der Waals surface area contributed by atoms with E-state index in [1.54, 1.807) is 0 Å². The molecular formula is C16H30N2O. The molecule has 2 N–H and O–H groups in total. The Kier molecular flexibility index (Phi) is 3.97. The number of nitrogens with zero attached hydrogens (tertiary/aromatic N) is 1. The van der Waals surface area contributed by atoms with Gasteiger partial charge in [0.2, 0.25) is 5.91 Å². The third kappa shape index (κ3) is 2.81. The first-order valence-corrected chi connectivity index (χ1v) is 7.79. The van der Waals surface area contributed by atoms with E-state index in [9.17, 15) is 4.79 Å². The van der Waals surface area contributed by atoms with Gasteiger partial charge in [0.1, 0.15) is 0 Å². The fourth-order valence-corrected chi connectivity index (χ4v) is 3.80. The SMILES string of the molecule is CN(C(=O)C1(C)CCCC1N)C1CCC(C)(C)CC1. The summed E-state index contributed by atoms with van der Waals surface area (Å²) in [5, 5.41) is 0. The topological polar surface area (TPSA) is 46.3 Å². The zero-order valence-electron chi connectivity index (χ0n) is 13.0. The number of hydrogen-bond acceptors (Lipinski definition) is 2. The number of carbonyl (C=O) groups is 1. The normalized spacial score (nSPS) is 35.3. The summed E-state index contributed by atoms with van der Waals surface area (Å²) in [7, 11) is 1.99. The van der Waals surface area contributed by atoms with Crippen molar-refractivity contribution in [2.24, 2.45) is 16.6 Å². The van der Waals surface area contributed by atoms with Crippen molar-refractivity contribution in [2.45, 2.75) is 77.8 Å². The van der Waals surface area contributed by atoms with E-state index in [1.165, 1.54) is 12.8 Å². The highest BCUT2D eigenvalue weighted by molar-refractivity contribution is 5.83. The highest BCUT2D eigenvalue weighted by Crippen LogP contribution is 2.41. The molecule has 1 amide bonds. The summed E-state index contributed by atoms with van der Waals surface area (Å²) in [5.74, 6) is 0.280. The molecular weight excluding hydrogens is 236 g/mol. The predicted octanol–water partition coefficient (Wildman–Crippen LogP) is 2.93. The van der Waals surface area contributed by atoms with E-state index in [0.29, 0.717) is 11.5 Å². The van der Waals surface area contributed by atoms with Crippen LogP contribution in [0.5, 0.6) is 0 Å². The lowest BCUT2D eigenvalue weighted by Gasteiger charge is -2.42. The second kappa shape index (κ2) is 5.08. The van der Waals surface area contributed by atoms with Crippen LogP contribution in [0.15, 0.2) is 0 Å². The number of carbonyl (C=O) groups excluding carboxylic acids is 1. The summed E-state index contributed by atoms with van der Waals surface area (Å²) in [6.07, 6.45) is 7.76. The van der Waals surface area contributed by atoms with Crippen LogP contribution in [0.1, 0.15) is 65.7 Å². The van der Waals surface area contributed by atoms with Gasteiger partial charge in [-0.3, -0.25) is 4.79 Å². The van der Waals surface area contributed by atoms with Crippen LogP contribution in [0.3, 0.4) is 0 Å². The molecule has 0 spiro atoms. The van der Waals surface area contributed by atoms with Gasteiger partial charge in [-0.05, 0) is 50.9 Å². The van der Waals surface area contributed by atoms with E-state index in [2.05, 4.69) is 20.8 Å². The van der Waals surface area contributed by atoms with Crippen LogP contribution in [-0.4, -0.2) is 29.9 Å². The largest absolute Gasteiger partial charge is 0.342 e. The van der Waals surface area contributed by atoms with Gasteiger partial charge < -0.3 is 10.6 Å². The van der Waals surface area contributed by atoms with Gasteiger partial charge in [-0.15, -0.1) is 0 Å². The second-order valence-electron chi connectivity index (χ2n) is 7.73. The predicted molar refractivity (Wildman–Crippen MR) is 78.7 cm³/mol. The van der Waals surface area contributed by atoms with Crippen molar-refractivity contribution < 1.29 is 4.79 Å². The fraction of sp³-hybridized carbons (Fsp3) is 0.938. The minimum absolute atomic E-state index is 0.0440. The van der Waals surface area contributed by atoms with Crippen LogP contribution in [0.2, 0.25) is 0 Å². The molecule has 3 nitrogen and oxygen atoms in total. The van der Waals surface area contributed by atoms with Gasteiger partial charge in [0.05, 0.1) is 5.41 Å². The quantitative estimate of drug-likeness (QED) is 0.835. The first-order valence-electron chi connectivity index (χ1n) is 7.79. The van der Waals surface area contributed by atoms with Crippen molar-refractivity contribution >= 4 is 5.91 Å². The van der Waals surface area contributed by atoms with Crippen LogP contribution in [0.25, 0.3) is 0 Å². The van der Waals surface area contributed by atoms with Crippen LogP contribution in [0.4, 0.5) is 0 Å². The van der Waals surface area contributed by atoms with Crippen molar-refractivity contribution in [1.82, 2.24) is 4.90 Å². The van der Waals surface area contributed by atoms with E-state index in [4.69, 9.17) is 5.73 Å². The zero-order chi connectivity index (χ0) is 14.3. The summed E-state index contributed by atoms with van der Waals surface area (Å²) in [6, 6.07) is 0.465. The van der Waals surface area contributed by atoms with Gasteiger partial charge in [0.25, 0.3) is 0 Å². The Morgan fingerprint density at radius 1 is 1.11 bits per heavy atom. The third-order valence-electron chi connectivity index (χ3n) is 5.69. The maximum absolute atomic E-state index is 12.8. The molecule has 0 aliphatic heterocycles. The summed E-state index contributed by atoms with van der Waals surface area (Å²) in [6.45, 7) is 6.73.